The topological polar surface area (TPSA) is 98.3 Å². The molecule has 7 heteroatoms. The number of hydrogen-bond acceptors (Lipinski definition) is 5. The highest BCUT2D eigenvalue weighted by molar-refractivity contribution is 5.94. The summed E-state index contributed by atoms with van der Waals surface area (Å²) >= 11 is 0. The lowest BCUT2D eigenvalue weighted by Gasteiger charge is -2.14. The summed E-state index contributed by atoms with van der Waals surface area (Å²) in [6, 6.07) is 10.9. The summed E-state index contributed by atoms with van der Waals surface area (Å²) in [6.07, 6.45) is 3.27. The summed E-state index contributed by atoms with van der Waals surface area (Å²) in [7, 11) is 0. The van der Waals surface area contributed by atoms with Crippen LogP contribution in [0.4, 0.5) is 4.39 Å². The van der Waals surface area contributed by atoms with Crippen LogP contribution < -0.4 is 10.5 Å². The van der Waals surface area contributed by atoms with Crippen molar-refractivity contribution in [2.24, 2.45) is 5.73 Å². The summed E-state index contributed by atoms with van der Waals surface area (Å²) in [5.41, 5.74) is 8.10. The minimum absolute atomic E-state index is 0.0280. The first kappa shape index (κ1) is 19.4. The Balaban J connectivity index is 1.91. The van der Waals surface area contributed by atoms with Gasteiger partial charge in [0.2, 0.25) is 11.8 Å². The normalized spacial score (nSPS) is 11.8. The van der Waals surface area contributed by atoms with E-state index in [9.17, 15) is 14.3 Å². The van der Waals surface area contributed by atoms with Gasteiger partial charge in [0.05, 0.1) is 0 Å². The van der Waals surface area contributed by atoms with Crippen LogP contribution >= 0.6 is 0 Å². The van der Waals surface area contributed by atoms with Crippen LogP contribution in [0.3, 0.4) is 0 Å². The fourth-order valence-electron chi connectivity index (χ4n) is 2.77. The molecule has 0 aliphatic heterocycles. The number of aliphatic hydroxyl groups is 1. The molecule has 1 heterocycles. The monoisotopic (exact) mass is 381 g/mol. The number of halogens is 1. The molecule has 0 aliphatic carbocycles. The van der Waals surface area contributed by atoms with E-state index in [2.05, 4.69) is 9.97 Å². The molecule has 3 rings (SSSR count). The Morgan fingerprint density at radius 1 is 1.21 bits per heavy atom. The third-order valence-electron chi connectivity index (χ3n) is 4.40. The Hall–Kier alpha value is -3.32. The minimum atomic E-state index is -0.556. The van der Waals surface area contributed by atoms with Crippen LogP contribution in [0.15, 0.2) is 55.0 Å². The number of nitrogens with two attached hydrogens (primary N) is 1. The molecule has 0 aliphatic rings. The molecule has 1 atom stereocenters. The van der Waals surface area contributed by atoms with E-state index in [1.807, 2.05) is 13.0 Å². The Bertz CT molecular complexity index is 977. The number of rotatable bonds is 7. The second-order valence-corrected chi connectivity index (χ2v) is 6.45. The summed E-state index contributed by atoms with van der Waals surface area (Å²) < 4.78 is 18.8. The Morgan fingerprint density at radius 3 is 2.64 bits per heavy atom. The van der Waals surface area contributed by atoms with E-state index in [-0.39, 0.29) is 18.3 Å². The van der Waals surface area contributed by atoms with Crippen molar-refractivity contribution in [3.8, 4) is 11.6 Å². The molecule has 6 nitrogen and oxygen atoms in total. The van der Waals surface area contributed by atoms with E-state index in [1.54, 1.807) is 18.3 Å². The SMILES string of the molecule is CC(CO)c1ccc(Cc2cncnc2Oc2ccc(F)cc2)c(C(N)=O)c1. The van der Waals surface area contributed by atoms with Gasteiger partial charge in [-0.25, -0.2) is 14.4 Å². The van der Waals surface area contributed by atoms with E-state index in [1.165, 1.54) is 30.6 Å². The molecule has 0 spiro atoms. The average molecular weight is 381 g/mol. The molecule has 3 aromatic rings. The van der Waals surface area contributed by atoms with Crippen molar-refractivity contribution in [1.82, 2.24) is 9.97 Å². The first-order valence-electron chi connectivity index (χ1n) is 8.73. The molecule has 28 heavy (non-hydrogen) atoms. The molecule has 0 fully saturated rings. The van der Waals surface area contributed by atoms with Crippen molar-refractivity contribution >= 4 is 5.91 Å². The van der Waals surface area contributed by atoms with Crippen LogP contribution in [0.2, 0.25) is 0 Å². The molecular weight excluding hydrogens is 361 g/mol. The number of primary amides is 1. The van der Waals surface area contributed by atoms with E-state index >= 15 is 0 Å². The smallest absolute Gasteiger partial charge is 0.248 e. The van der Waals surface area contributed by atoms with Gasteiger partial charge in [0, 0.05) is 36.3 Å². The highest BCUT2D eigenvalue weighted by atomic mass is 19.1. The van der Waals surface area contributed by atoms with Gasteiger partial charge in [-0.2, -0.15) is 0 Å². The van der Waals surface area contributed by atoms with Gasteiger partial charge in [-0.3, -0.25) is 4.79 Å². The Morgan fingerprint density at radius 2 is 1.96 bits per heavy atom. The summed E-state index contributed by atoms with van der Waals surface area (Å²) in [6.45, 7) is 1.83. The highest BCUT2D eigenvalue weighted by Crippen LogP contribution is 2.27. The molecule has 0 saturated heterocycles. The van der Waals surface area contributed by atoms with E-state index in [0.29, 0.717) is 34.7 Å². The largest absolute Gasteiger partial charge is 0.439 e. The van der Waals surface area contributed by atoms with Gasteiger partial charge in [-0.1, -0.05) is 19.1 Å². The van der Waals surface area contributed by atoms with Crippen LogP contribution in [0, 0.1) is 5.82 Å². The molecule has 0 bridgehead atoms. The zero-order valence-electron chi connectivity index (χ0n) is 15.3. The molecule has 0 saturated carbocycles. The van der Waals surface area contributed by atoms with Gasteiger partial charge in [-0.15, -0.1) is 0 Å². The fraction of sp³-hybridized carbons (Fsp3) is 0.190. The van der Waals surface area contributed by atoms with Crippen LogP contribution in [-0.2, 0) is 6.42 Å². The number of aliphatic hydroxyl groups excluding tert-OH is 1. The maximum absolute atomic E-state index is 13.1. The van der Waals surface area contributed by atoms with Crippen LogP contribution in [0.5, 0.6) is 11.6 Å². The molecule has 2 aromatic carbocycles. The number of amides is 1. The van der Waals surface area contributed by atoms with Gasteiger partial charge in [0.15, 0.2) is 0 Å². The van der Waals surface area contributed by atoms with Crippen LogP contribution in [0.1, 0.15) is 39.9 Å². The molecule has 1 amide bonds. The maximum atomic E-state index is 13.1. The average Bonchev–Trinajstić information content (AvgIpc) is 2.70. The number of nitrogens with zero attached hydrogens (tertiary/aromatic N) is 2. The van der Waals surface area contributed by atoms with E-state index in [0.717, 1.165) is 5.56 Å². The van der Waals surface area contributed by atoms with Crippen LogP contribution in [0.25, 0.3) is 0 Å². The first-order chi connectivity index (χ1) is 13.5. The lowest BCUT2D eigenvalue weighted by atomic mass is 9.93. The molecule has 144 valence electrons. The standard InChI is InChI=1S/C21H20FN3O3/c1-13(11-26)14-2-3-15(19(9-14)20(23)27)8-16-10-24-12-25-21(16)28-18-6-4-17(22)5-7-18/h2-7,9-10,12-13,26H,8,11H2,1H3,(H2,23,27). The quantitative estimate of drug-likeness (QED) is 0.655. The van der Waals surface area contributed by atoms with Gasteiger partial charge in [0.1, 0.15) is 17.9 Å². The molecule has 0 radical (unpaired) electrons. The van der Waals surface area contributed by atoms with Gasteiger partial charge in [-0.05, 0) is 41.5 Å². The Labute approximate surface area is 161 Å². The summed E-state index contributed by atoms with van der Waals surface area (Å²) in [5, 5.41) is 9.34. The van der Waals surface area contributed by atoms with Crippen molar-refractivity contribution in [3.63, 3.8) is 0 Å². The number of hydrogen-bond donors (Lipinski definition) is 2. The second kappa shape index (κ2) is 8.58. The van der Waals surface area contributed by atoms with E-state index in [4.69, 9.17) is 10.5 Å². The third-order valence-corrected chi connectivity index (χ3v) is 4.40. The van der Waals surface area contributed by atoms with Crippen molar-refractivity contribution in [2.45, 2.75) is 19.3 Å². The lowest BCUT2D eigenvalue weighted by molar-refractivity contribution is 0.0999. The maximum Gasteiger partial charge on any atom is 0.248 e. The number of carbonyl (C=O) groups excluding carboxylic acids is 1. The van der Waals surface area contributed by atoms with Crippen molar-refractivity contribution in [3.05, 3.63) is 83.1 Å². The van der Waals surface area contributed by atoms with Gasteiger partial charge >= 0.3 is 0 Å². The summed E-state index contributed by atoms with van der Waals surface area (Å²) in [4.78, 5) is 20.1. The minimum Gasteiger partial charge on any atom is -0.439 e. The van der Waals surface area contributed by atoms with Crippen molar-refractivity contribution in [2.75, 3.05) is 6.61 Å². The number of aromatic nitrogens is 2. The first-order valence-corrected chi connectivity index (χ1v) is 8.73. The highest BCUT2D eigenvalue weighted by Gasteiger charge is 2.15. The fourth-order valence-corrected chi connectivity index (χ4v) is 2.77. The predicted octanol–water partition coefficient (Wildman–Crippen LogP) is 3.19. The number of carbonyl (C=O) groups is 1. The molecule has 1 unspecified atom stereocenters. The zero-order chi connectivity index (χ0) is 20.1. The number of benzene rings is 2. The zero-order valence-corrected chi connectivity index (χ0v) is 15.3. The molecule has 3 N–H and O–H groups in total. The van der Waals surface area contributed by atoms with Gasteiger partial charge < -0.3 is 15.6 Å². The third kappa shape index (κ3) is 4.50. The van der Waals surface area contributed by atoms with E-state index < -0.39 is 5.91 Å². The molecule has 1 aromatic heterocycles. The van der Waals surface area contributed by atoms with Crippen LogP contribution in [-0.4, -0.2) is 27.6 Å². The van der Waals surface area contributed by atoms with Gasteiger partial charge in [0.25, 0.3) is 0 Å². The lowest BCUT2D eigenvalue weighted by Crippen LogP contribution is -2.15. The number of ether oxygens (including phenoxy) is 1. The molecular formula is C21H20FN3O3. The second-order valence-electron chi connectivity index (χ2n) is 6.45. The Kier molecular flexibility index (Phi) is 5.96. The van der Waals surface area contributed by atoms with Crippen molar-refractivity contribution < 1.29 is 19.0 Å². The summed E-state index contributed by atoms with van der Waals surface area (Å²) in [5.74, 6) is -0.281. The van der Waals surface area contributed by atoms with Crippen molar-refractivity contribution in [1.29, 1.82) is 0 Å². The predicted molar refractivity (Wildman–Crippen MR) is 102 cm³/mol.